The van der Waals surface area contributed by atoms with Gasteiger partial charge in [-0.25, -0.2) is 4.68 Å². The lowest BCUT2D eigenvalue weighted by Gasteiger charge is -2.09. The number of nitrogens with zero attached hydrogens (tertiary/aromatic N) is 4. The molecule has 0 saturated carbocycles. The number of benzene rings is 1. The molecule has 2 aromatic heterocycles. The summed E-state index contributed by atoms with van der Waals surface area (Å²) >= 11 is 0. The Balaban J connectivity index is 1.40. The van der Waals surface area contributed by atoms with Gasteiger partial charge in [-0.1, -0.05) is 6.42 Å². The van der Waals surface area contributed by atoms with Crippen LogP contribution in [0.3, 0.4) is 0 Å². The summed E-state index contributed by atoms with van der Waals surface area (Å²) in [6, 6.07) is 9.81. The zero-order valence-corrected chi connectivity index (χ0v) is 15.9. The normalized spacial score (nSPS) is 13.5. The van der Waals surface area contributed by atoms with E-state index in [1.54, 1.807) is 0 Å². The SMILES string of the molecule is O=C(CCn1[nH]c(=O)ccc1=O)Nc1ccc(-c2nnc3n2CCCCC3)cc1. The summed E-state index contributed by atoms with van der Waals surface area (Å²) < 4.78 is 3.31. The summed E-state index contributed by atoms with van der Waals surface area (Å²) in [5.74, 6) is 1.64. The third kappa shape index (κ3) is 4.34. The lowest BCUT2D eigenvalue weighted by Crippen LogP contribution is -2.29. The van der Waals surface area contributed by atoms with E-state index in [9.17, 15) is 14.4 Å². The van der Waals surface area contributed by atoms with Gasteiger partial charge in [-0.05, 0) is 37.1 Å². The second kappa shape index (κ2) is 8.26. The number of rotatable bonds is 5. The standard InChI is InChI=1S/C20H22N6O3/c27-17(11-13-26-19(29)10-9-18(28)24-26)21-15-7-5-14(6-8-15)20-23-22-16-4-2-1-3-12-25(16)20/h5-10H,1-4,11-13H2,(H,21,27)(H,24,28). The highest BCUT2D eigenvalue weighted by molar-refractivity contribution is 5.90. The molecule has 0 radical (unpaired) electrons. The van der Waals surface area contributed by atoms with Crippen LogP contribution in [0.1, 0.15) is 31.5 Å². The monoisotopic (exact) mass is 394 g/mol. The van der Waals surface area contributed by atoms with E-state index in [0.29, 0.717) is 5.69 Å². The number of aromatic nitrogens is 5. The Morgan fingerprint density at radius 3 is 2.69 bits per heavy atom. The van der Waals surface area contributed by atoms with Gasteiger partial charge in [0.2, 0.25) is 5.91 Å². The summed E-state index contributed by atoms with van der Waals surface area (Å²) in [4.78, 5) is 35.1. The van der Waals surface area contributed by atoms with Crippen LogP contribution in [0.4, 0.5) is 5.69 Å². The molecule has 1 aromatic carbocycles. The van der Waals surface area contributed by atoms with Crippen molar-refractivity contribution < 1.29 is 4.79 Å². The smallest absolute Gasteiger partial charge is 0.265 e. The molecule has 0 aliphatic carbocycles. The average Bonchev–Trinajstić information content (AvgIpc) is 2.97. The van der Waals surface area contributed by atoms with Crippen molar-refractivity contribution in [3.8, 4) is 11.4 Å². The van der Waals surface area contributed by atoms with Crippen molar-refractivity contribution in [1.82, 2.24) is 24.5 Å². The van der Waals surface area contributed by atoms with Gasteiger partial charge >= 0.3 is 0 Å². The van der Waals surface area contributed by atoms with Gasteiger partial charge < -0.3 is 9.88 Å². The zero-order chi connectivity index (χ0) is 20.2. The van der Waals surface area contributed by atoms with Crippen LogP contribution in [0.5, 0.6) is 0 Å². The summed E-state index contributed by atoms with van der Waals surface area (Å²) in [5.41, 5.74) is 0.876. The van der Waals surface area contributed by atoms with Crippen LogP contribution in [-0.2, 0) is 24.3 Å². The van der Waals surface area contributed by atoms with E-state index in [1.807, 2.05) is 24.3 Å². The molecule has 0 unspecified atom stereocenters. The number of hydrogen-bond donors (Lipinski definition) is 2. The number of carbonyl (C=O) groups excluding carboxylic acids is 1. The van der Waals surface area contributed by atoms with E-state index in [2.05, 4.69) is 25.2 Å². The summed E-state index contributed by atoms with van der Waals surface area (Å²) in [6.07, 6.45) is 4.50. The first-order chi connectivity index (χ1) is 14.1. The van der Waals surface area contributed by atoms with Crippen molar-refractivity contribution in [1.29, 1.82) is 0 Å². The van der Waals surface area contributed by atoms with Gasteiger partial charge in [0.25, 0.3) is 11.1 Å². The first-order valence-electron chi connectivity index (χ1n) is 9.73. The Labute approximate surface area is 166 Å². The second-order valence-electron chi connectivity index (χ2n) is 7.08. The van der Waals surface area contributed by atoms with E-state index >= 15 is 0 Å². The Hall–Kier alpha value is -3.49. The molecule has 9 nitrogen and oxygen atoms in total. The largest absolute Gasteiger partial charge is 0.326 e. The molecule has 0 fully saturated rings. The fourth-order valence-corrected chi connectivity index (χ4v) is 3.47. The van der Waals surface area contributed by atoms with Gasteiger partial charge in [0.1, 0.15) is 5.82 Å². The summed E-state index contributed by atoms with van der Waals surface area (Å²) in [5, 5.41) is 13.9. The quantitative estimate of drug-likeness (QED) is 0.681. The van der Waals surface area contributed by atoms with Crippen LogP contribution < -0.4 is 16.4 Å². The van der Waals surface area contributed by atoms with Crippen molar-refractivity contribution in [2.45, 2.75) is 45.2 Å². The van der Waals surface area contributed by atoms with Crippen LogP contribution in [-0.4, -0.2) is 30.5 Å². The van der Waals surface area contributed by atoms with Gasteiger partial charge in [0, 0.05) is 42.8 Å². The zero-order valence-electron chi connectivity index (χ0n) is 15.9. The van der Waals surface area contributed by atoms with Crippen molar-refractivity contribution in [3.05, 3.63) is 62.9 Å². The molecule has 3 aromatic rings. The topological polar surface area (TPSA) is 115 Å². The lowest BCUT2D eigenvalue weighted by molar-refractivity contribution is -0.116. The molecule has 0 saturated heterocycles. The van der Waals surface area contributed by atoms with Crippen LogP contribution >= 0.6 is 0 Å². The van der Waals surface area contributed by atoms with Crippen LogP contribution in [0, 0.1) is 0 Å². The van der Waals surface area contributed by atoms with Gasteiger partial charge in [0.05, 0.1) is 6.54 Å². The highest BCUT2D eigenvalue weighted by Gasteiger charge is 2.16. The molecule has 2 N–H and O–H groups in total. The molecule has 9 heteroatoms. The number of aryl methyl sites for hydroxylation is 2. The Morgan fingerprint density at radius 2 is 1.86 bits per heavy atom. The lowest BCUT2D eigenvalue weighted by atomic mass is 10.2. The number of amides is 1. The van der Waals surface area contributed by atoms with Gasteiger partial charge in [-0.15, -0.1) is 10.2 Å². The molecule has 0 bridgehead atoms. The maximum atomic E-state index is 12.2. The van der Waals surface area contributed by atoms with E-state index in [-0.39, 0.29) is 30.0 Å². The molecular weight excluding hydrogens is 372 g/mol. The minimum Gasteiger partial charge on any atom is -0.326 e. The Morgan fingerprint density at radius 1 is 1.03 bits per heavy atom. The van der Waals surface area contributed by atoms with Crippen molar-refractivity contribution in [2.75, 3.05) is 5.32 Å². The molecule has 1 aliphatic rings. The number of nitrogens with one attached hydrogen (secondary N) is 2. The summed E-state index contributed by atoms with van der Waals surface area (Å²) in [6.45, 7) is 1.03. The molecule has 1 amide bonds. The highest BCUT2D eigenvalue weighted by Crippen LogP contribution is 2.24. The van der Waals surface area contributed by atoms with Crippen LogP contribution in [0.25, 0.3) is 11.4 Å². The number of carbonyl (C=O) groups is 1. The third-order valence-electron chi connectivity index (χ3n) is 4.99. The number of aromatic amines is 1. The third-order valence-corrected chi connectivity index (χ3v) is 4.99. The first kappa shape index (κ1) is 18.9. The number of fused-ring (bicyclic) bond motifs is 1. The van der Waals surface area contributed by atoms with E-state index in [1.165, 1.54) is 12.5 Å². The molecule has 0 spiro atoms. The Bertz CT molecular complexity index is 1130. The van der Waals surface area contributed by atoms with Crippen LogP contribution in [0.15, 0.2) is 46.0 Å². The molecule has 4 rings (SSSR count). The minimum absolute atomic E-state index is 0.0687. The van der Waals surface area contributed by atoms with Gasteiger partial charge in [-0.2, -0.15) is 0 Å². The molecule has 3 heterocycles. The van der Waals surface area contributed by atoms with Gasteiger partial charge in [0.15, 0.2) is 5.82 Å². The van der Waals surface area contributed by atoms with E-state index < -0.39 is 0 Å². The maximum absolute atomic E-state index is 12.2. The van der Waals surface area contributed by atoms with Crippen molar-refractivity contribution in [2.24, 2.45) is 0 Å². The first-order valence-corrected chi connectivity index (χ1v) is 9.73. The number of hydrogen-bond acceptors (Lipinski definition) is 5. The van der Waals surface area contributed by atoms with Gasteiger partial charge in [-0.3, -0.25) is 19.5 Å². The fraction of sp³-hybridized carbons (Fsp3) is 0.350. The second-order valence-corrected chi connectivity index (χ2v) is 7.08. The number of anilines is 1. The molecular formula is C20H22N6O3. The average molecular weight is 394 g/mol. The fourth-order valence-electron chi connectivity index (χ4n) is 3.47. The molecule has 1 aliphatic heterocycles. The van der Waals surface area contributed by atoms with E-state index in [4.69, 9.17) is 0 Å². The minimum atomic E-state index is -0.382. The van der Waals surface area contributed by atoms with Crippen molar-refractivity contribution >= 4 is 11.6 Å². The predicted molar refractivity (Wildman–Crippen MR) is 108 cm³/mol. The molecule has 150 valence electrons. The maximum Gasteiger partial charge on any atom is 0.265 e. The molecule has 0 atom stereocenters. The van der Waals surface area contributed by atoms with Crippen LogP contribution in [0.2, 0.25) is 0 Å². The molecule has 29 heavy (non-hydrogen) atoms. The highest BCUT2D eigenvalue weighted by atomic mass is 16.2. The van der Waals surface area contributed by atoms with E-state index in [0.717, 1.165) is 53.8 Å². The predicted octanol–water partition coefficient (Wildman–Crippen LogP) is 1.55. The van der Waals surface area contributed by atoms with Crippen molar-refractivity contribution in [3.63, 3.8) is 0 Å². The summed E-state index contributed by atoms with van der Waals surface area (Å²) in [7, 11) is 0. The number of H-pyrrole nitrogens is 1. The Kier molecular flexibility index (Phi) is 5.37.